The summed E-state index contributed by atoms with van der Waals surface area (Å²) in [4.78, 5) is 26.9. The summed E-state index contributed by atoms with van der Waals surface area (Å²) in [7, 11) is -3.47. The highest BCUT2D eigenvalue weighted by Crippen LogP contribution is 2.23. The number of carbonyl (C=O) groups excluding carboxylic acids is 2. The fourth-order valence-corrected chi connectivity index (χ4v) is 5.16. The Balaban J connectivity index is 1.21. The van der Waals surface area contributed by atoms with Gasteiger partial charge in [0.25, 0.3) is 5.91 Å². The van der Waals surface area contributed by atoms with Crippen LogP contribution in [-0.2, 0) is 14.6 Å². The van der Waals surface area contributed by atoms with Crippen LogP contribution >= 0.6 is 0 Å². The van der Waals surface area contributed by atoms with Crippen molar-refractivity contribution in [1.82, 2.24) is 10.2 Å². The highest BCUT2D eigenvalue weighted by Gasteiger charge is 2.26. The van der Waals surface area contributed by atoms with Crippen LogP contribution in [0.4, 0.5) is 0 Å². The highest BCUT2D eigenvalue weighted by molar-refractivity contribution is 7.91. The first-order valence-corrected chi connectivity index (χ1v) is 12.4. The number of hydrogen-bond donors (Lipinski definition) is 1. The topological polar surface area (TPSA) is 96.7 Å². The third-order valence-electron chi connectivity index (χ3n) is 5.83. The molecular weight excluding hydrogens is 428 g/mol. The van der Waals surface area contributed by atoms with Gasteiger partial charge >= 0.3 is 0 Å². The monoisotopic (exact) mass is 454 g/mol. The average Bonchev–Trinajstić information content (AvgIpc) is 3.26. The summed E-state index contributed by atoms with van der Waals surface area (Å²) < 4.78 is 30.3. The number of para-hydroxylation sites is 1. The van der Waals surface area contributed by atoms with Crippen molar-refractivity contribution >= 4 is 32.6 Å². The number of sulfone groups is 1. The number of rotatable bonds is 7. The number of furan rings is 1. The maximum absolute atomic E-state index is 12.7. The van der Waals surface area contributed by atoms with Crippen LogP contribution in [-0.4, -0.2) is 50.5 Å². The molecule has 1 aliphatic rings. The summed E-state index contributed by atoms with van der Waals surface area (Å²) in [5, 5.41) is 3.75. The first-order chi connectivity index (χ1) is 15.4. The van der Waals surface area contributed by atoms with Crippen LogP contribution in [0.25, 0.3) is 11.0 Å². The lowest BCUT2D eigenvalue weighted by Crippen LogP contribution is -2.41. The third-order valence-corrected chi connectivity index (χ3v) is 7.56. The van der Waals surface area contributed by atoms with Crippen molar-refractivity contribution in [1.29, 1.82) is 0 Å². The molecule has 0 radical (unpaired) electrons. The van der Waals surface area contributed by atoms with E-state index < -0.39 is 9.84 Å². The van der Waals surface area contributed by atoms with E-state index in [1.54, 1.807) is 29.2 Å². The second-order valence-corrected chi connectivity index (χ2v) is 10.2. The van der Waals surface area contributed by atoms with Crippen LogP contribution < -0.4 is 5.32 Å². The van der Waals surface area contributed by atoms with Gasteiger partial charge in [-0.3, -0.25) is 9.59 Å². The summed E-state index contributed by atoms with van der Waals surface area (Å²) in [6.45, 7) is 1.68. The molecule has 0 spiro atoms. The van der Waals surface area contributed by atoms with E-state index >= 15 is 0 Å². The van der Waals surface area contributed by atoms with Crippen LogP contribution in [0, 0.1) is 5.92 Å². The molecule has 2 heterocycles. The minimum atomic E-state index is -3.47. The van der Waals surface area contributed by atoms with Gasteiger partial charge in [-0.25, -0.2) is 8.42 Å². The third kappa shape index (κ3) is 5.19. The van der Waals surface area contributed by atoms with Gasteiger partial charge in [-0.1, -0.05) is 36.4 Å². The molecule has 1 saturated heterocycles. The zero-order valence-electron chi connectivity index (χ0n) is 17.7. The summed E-state index contributed by atoms with van der Waals surface area (Å²) in [6.07, 6.45) is 1.48. The molecule has 0 unspecified atom stereocenters. The van der Waals surface area contributed by atoms with E-state index in [-0.39, 0.29) is 34.8 Å². The summed E-state index contributed by atoms with van der Waals surface area (Å²) in [5.41, 5.74) is 0.697. The van der Waals surface area contributed by atoms with Crippen LogP contribution in [0.2, 0.25) is 0 Å². The predicted molar refractivity (Wildman–Crippen MR) is 121 cm³/mol. The molecule has 2 aromatic carbocycles. The van der Waals surface area contributed by atoms with Gasteiger partial charge in [0.05, 0.1) is 10.6 Å². The quantitative estimate of drug-likeness (QED) is 0.591. The smallest absolute Gasteiger partial charge is 0.289 e. The largest absolute Gasteiger partial charge is 0.451 e. The molecule has 1 aromatic heterocycles. The first kappa shape index (κ1) is 22.1. The summed E-state index contributed by atoms with van der Waals surface area (Å²) in [5.74, 6) is -0.00473. The van der Waals surface area contributed by atoms with Crippen molar-refractivity contribution in [2.75, 3.05) is 25.4 Å². The molecule has 32 heavy (non-hydrogen) atoms. The van der Waals surface area contributed by atoms with Crippen LogP contribution in [0.15, 0.2) is 70.0 Å². The van der Waals surface area contributed by atoms with Crippen molar-refractivity contribution in [3.8, 4) is 0 Å². The Morgan fingerprint density at radius 3 is 2.41 bits per heavy atom. The molecule has 0 saturated carbocycles. The minimum absolute atomic E-state index is 0.0688. The Kier molecular flexibility index (Phi) is 6.60. The number of carbonyl (C=O) groups is 2. The normalized spacial score (nSPS) is 15.1. The van der Waals surface area contributed by atoms with Crippen LogP contribution in [0.3, 0.4) is 0 Å². The second-order valence-electron chi connectivity index (χ2n) is 8.07. The van der Waals surface area contributed by atoms with E-state index in [0.29, 0.717) is 31.0 Å². The minimum Gasteiger partial charge on any atom is -0.451 e. The Labute approximate surface area is 187 Å². The van der Waals surface area contributed by atoms with Gasteiger partial charge in [0, 0.05) is 31.4 Å². The molecule has 1 aliphatic heterocycles. The molecule has 8 heteroatoms. The Morgan fingerprint density at radius 1 is 1.00 bits per heavy atom. The molecule has 4 rings (SSSR count). The molecule has 0 aliphatic carbocycles. The zero-order valence-corrected chi connectivity index (χ0v) is 18.5. The second kappa shape index (κ2) is 9.56. The van der Waals surface area contributed by atoms with Crippen molar-refractivity contribution in [3.63, 3.8) is 0 Å². The van der Waals surface area contributed by atoms with E-state index in [1.165, 1.54) is 12.1 Å². The molecule has 3 aromatic rings. The number of nitrogens with zero attached hydrogens (tertiary/aromatic N) is 1. The van der Waals surface area contributed by atoms with E-state index in [2.05, 4.69) is 5.32 Å². The number of amides is 2. The summed E-state index contributed by atoms with van der Waals surface area (Å²) in [6, 6.07) is 17.5. The SMILES string of the molecule is O=C(CCS(=O)(=O)c1ccccc1)NCC1CCN(C(=O)c2cc3ccccc3o2)CC1. The lowest BCUT2D eigenvalue weighted by molar-refractivity contribution is -0.120. The number of nitrogens with one attached hydrogen (secondary N) is 1. The van der Waals surface area contributed by atoms with E-state index in [0.717, 1.165) is 18.2 Å². The molecule has 2 amide bonds. The van der Waals surface area contributed by atoms with Crippen LogP contribution in [0.1, 0.15) is 29.8 Å². The maximum Gasteiger partial charge on any atom is 0.289 e. The Bertz CT molecular complexity index is 1160. The fraction of sp³-hybridized carbons (Fsp3) is 0.333. The summed E-state index contributed by atoms with van der Waals surface area (Å²) >= 11 is 0. The standard InChI is InChI=1S/C24H26N2O5S/c27-23(12-15-32(29,30)20-7-2-1-3-8-20)25-17-18-10-13-26(14-11-18)24(28)22-16-19-6-4-5-9-21(19)31-22/h1-9,16,18H,10-15,17H2,(H,25,27). The van der Waals surface area contributed by atoms with Gasteiger partial charge in [-0.2, -0.15) is 0 Å². The van der Waals surface area contributed by atoms with E-state index in [4.69, 9.17) is 4.42 Å². The fourth-order valence-electron chi connectivity index (χ4n) is 3.90. The van der Waals surface area contributed by atoms with Gasteiger partial charge in [-0.05, 0) is 43.0 Å². The molecule has 1 fully saturated rings. The lowest BCUT2D eigenvalue weighted by Gasteiger charge is -2.31. The van der Waals surface area contributed by atoms with Crippen molar-refractivity contribution in [3.05, 3.63) is 66.4 Å². The van der Waals surface area contributed by atoms with Gasteiger partial charge in [-0.15, -0.1) is 0 Å². The number of piperidine rings is 1. The first-order valence-electron chi connectivity index (χ1n) is 10.7. The van der Waals surface area contributed by atoms with Gasteiger partial charge in [0.1, 0.15) is 5.58 Å². The average molecular weight is 455 g/mol. The molecular formula is C24H26N2O5S. The molecule has 1 N–H and O–H groups in total. The zero-order chi connectivity index (χ0) is 22.6. The number of fused-ring (bicyclic) bond motifs is 1. The van der Waals surface area contributed by atoms with E-state index in [1.807, 2.05) is 24.3 Å². The van der Waals surface area contributed by atoms with Gasteiger partial charge < -0.3 is 14.6 Å². The highest BCUT2D eigenvalue weighted by atomic mass is 32.2. The van der Waals surface area contributed by atoms with Gasteiger partial charge in [0.15, 0.2) is 15.6 Å². The Morgan fingerprint density at radius 2 is 1.69 bits per heavy atom. The molecule has 0 bridgehead atoms. The van der Waals surface area contributed by atoms with E-state index in [9.17, 15) is 18.0 Å². The number of likely N-dealkylation sites (tertiary alicyclic amines) is 1. The van der Waals surface area contributed by atoms with Crippen molar-refractivity contribution in [2.45, 2.75) is 24.2 Å². The van der Waals surface area contributed by atoms with Crippen molar-refractivity contribution in [2.24, 2.45) is 5.92 Å². The predicted octanol–water partition coefficient (Wildman–Crippen LogP) is 3.27. The lowest BCUT2D eigenvalue weighted by atomic mass is 9.96. The maximum atomic E-state index is 12.7. The number of hydrogen-bond acceptors (Lipinski definition) is 5. The van der Waals surface area contributed by atoms with Crippen LogP contribution in [0.5, 0.6) is 0 Å². The number of benzene rings is 2. The molecule has 168 valence electrons. The van der Waals surface area contributed by atoms with Gasteiger partial charge in [0.2, 0.25) is 5.91 Å². The molecule has 0 atom stereocenters. The molecule has 7 nitrogen and oxygen atoms in total. The Hall–Kier alpha value is -3.13. The van der Waals surface area contributed by atoms with Crippen molar-refractivity contribution < 1.29 is 22.4 Å².